The third kappa shape index (κ3) is 5.83. The van der Waals surface area contributed by atoms with Crippen LogP contribution in [-0.4, -0.2) is 29.2 Å². The van der Waals surface area contributed by atoms with E-state index in [-0.39, 0.29) is 11.9 Å². The number of carbonyl (C=O) groups is 1. The van der Waals surface area contributed by atoms with Gasteiger partial charge >= 0.3 is 0 Å². The van der Waals surface area contributed by atoms with Gasteiger partial charge in [0.1, 0.15) is 17.3 Å². The Morgan fingerprint density at radius 1 is 0.971 bits per heavy atom. The predicted molar refractivity (Wildman–Crippen MR) is 139 cm³/mol. The molecule has 4 aromatic rings. The number of amides is 1. The molecule has 1 atom stereocenters. The molecule has 3 aromatic carbocycles. The van der Waals surface area contributed by atoms with E-state index in [4.69, 9.17) is 14.5 Å². The van der Waals surface area contributed by atoms with Gasteiger partial charge in [0.25, 0.3) is 5.91 Å². The molecule has 0 radical (unpaired) electrons. The topological polar surface area (TPSA) is 65.4 Å². The lowest BCUT2D eigenvalue weighted by Gasteiger charge is -2.17. The van der Waals surface area contributed by atoms with Gasteiger partial charge in [-0.3, -0.25) is 4.79 Å². The summed E-state index contributed by atoms with van der Waals surface area (Å²) in [5.41, 5.74) is 3.81. The second kappa shape index (κ2) is 11.1. The van der Waals surface area contributed by atoms with Crippen LogP contribution in [0.4, 0.5) is 0 Å². The van der Waals surface area contributed by atoms with Crippen LogP contribution in [0, 0.1) is 0 Å². The second-order valence-corrected chi connectivity index (χ2v) is 8.96. The Hall–Kier alpha value is -3.80. The number of benzene rings is 3. The number of aryl methyl sites for hydroxylation is 1. The van der Waals surface area contributed by atoms with E-state index in [0.717, 1.165) is 35.6 Å². The van der Waals surface area contributed by atoms with E-state index in [2.05, 4.69) is 41.9 Å². The van der Waals surface area contributed by atoms with Crippen LogP contribution in [0.5, 0.6) is 11.5 Å². The summed E-state index contributed by atoms with van der Waals surface area (Å²) in [6.45, 7) is 7.66. The van der Waals surface area contributed by atoms with Crippen LogP contribution in [0.15, 0.2) is 72.8 Å². The Morgan fingerprint density at radius 3 is 2.49 bits per heavy atom. The predicted octanol–water partition coefficient (Wildman–Crippen LogP) is 6.13. The number of nitrogens with one attached hydrogen (secondary N) is 1. The summed E-state index contributed by atoms with van der Waals surface area (Å²) in [7, 11) is 1.59. The minimum atomic E-state index is -0.273. The summed E-state index contributed by atoms with van der Waals surface area (Å²) >= 11 is 0. The lowest BCUT2D eigenvalue weighted by Crippen LogP contribution is -2.29. The highest BCUT2D eigenvalue weighted by molar-refractivity contribution is 5.94. The molecule has 0 fully saturated rings. The number of hydrogen-bond donors (Lipinski definition) is 1. The fourth-order valence-corrected chi connectivity index (χ4v) is 4.13. The fraction of sp³-hybridized carbons (Fsp3) is 0.310. The molecular formula is C29H33N3O3. The third-order valence-corrected chi connectivity index (χ3v) is 6.09. The number of hydrogen-bond acceptors (Lipinski definition) is 4. The van der Waals surface area contributed by atoms with Crippen molar-refractivity contribution in [3.63, 3.8) is 0 Å². The van der Waals surface area contributed by atoms with Gasteiger partial charge in [-0.25, -0.2) is 4.98 Å². The first-order valence-corrected chi connectivity index (χ1v) is 12.1. The van der Waals surface area contributed by atoms with Crippen LogP contribution < -0.4 is 14.8 Å². The SMILES string of the molecule is COc1cccc(C(=O)NC(C)c2nc3ccccc3n2CCCOc2ccc(C(C)C)cc2)c1. The molecule has 6 heteroatoms. The fourth-order valence-electron chi connectivity index (χ4n) is 4.13. The monoisotopic (exact) mass is 471 g/mol. The summed E-state index contributed by atoms with van der Waals surface area (Å²) in [6, 6.07) is 23.2. The summed E-state index contributed by atoms with van der Waals surface area (Å²) in [4.78, 5) is 17.7. The normalized spacial score (nSPS) is 12.0. The zero-order valence-corrected chi connectivity index (χ0v) is 20.8. The first kappa shape index (κ1) is 24.3. The minimum Gasteiger partial charge on any atom is -0.497 e. The molecule has 0 aliphatic rings. The number of ether oxygens (including phenoxy) is 2. The lowest BCUT2D eigenvalue weighted by atomic mass is 10.0. The molecule has 35 heavy (non-hydrogen) atoms. The van der Waals surface area contributed by atoms with Crippen molar-refractivity contribution in [3.8, 4) is 11.5 Å². The van der Waals surface area contributed by atoms with Crippen LogP contribution in [0.1, 0.15) is 60.9 Å². The molecule has 1 amide bonds. The quantitative estimate of drug-likeness (QED) is 0.283. The van der Waals surface area contributed by atoms with Gasteiger partial charge in [0.05, 0.1) is 30.8 Å². The molecule has 0 bridgehead atoms. The highest BCUT2D eigenvalue weighted by Gasteiger charge is 2.19. The van der Waals surface area contributed by atoms with E-state index in [1.807, 2.05) is 49.4 Å². The average Bonchev–Trinajstić information content (AvgIpc) is 3.25. The van der Waals surface area contributed by atoms with Gasteiger partial charge in [0.2, 0.25) is 0 Å². The van der Waals surface area contributed by atoms with Gasteiger partial charge in [-0.1, -0.05) is 44.2 Å². The molecule has 0 saturated heterocycles. The van der Waals surface area contributed by atoms with E-state index in [0.29, 0.717) is 23.8 Å². The molecule has 6 nitrogen and oxygen atoms in total. The number of nitrogens with zero attached hydrogens (tertiary/aromatic N) is 2. The molecule has 0 aliphatic heterocycles. The standard InChI is InChI=1S/C29H33N3O3/c1-20(2)22-13-15-24(16-14-22)35-18-8-17-32-27-12-6-5-11-26(27)31-28(32)21(3)30-29(33)23-9-7-10-25(19-23)34-4/h5-7,9-16,19-21H,8,17-18H2,1-4H3,(H,30,33). The number of imidazole rings is 1. The van der Waals surface area contributed by atoms with Gasteiger partial charge in [-0.2, -0.15) is 0 Å². The van der Waals surface area contributed by atoms with Gasteiger partial charge in [0.15, 0.2) is 0 Å². The van der Waals surface area contributed by atoms with Crippen molar-refractivity contribution in [1.29, 1.82) is 0 Å². The molecule has 4 rings (SSSR count). The zero-order chi connectivity index (χ0) is 24.8. The van der Waals surface area contributed by atoms with Crippen LogP contribution >= 0.6 is 0 Å². The number of rotatable bonds is 10. The highest BCUT2D eigenvalue weighted by atomic mass is 16.5. The van der Waals surface area contributed by atoms with Crippen molar-refractivity contribution in [2.45, 2.75) is 45.7 Å². The molecule has 182 valence electrons. The molecule has 1 N–H and O–H groups in total. The molecule has 0 saturated carbocycles. The molecule has 0 aliphatic carbocycles. The van der Waals surface area contributed by atoms with Gasteiger partial charge < -0.3 is 19.4 Å². The number of aromatic nitrogens is 2. The first-order chi connectivity index (χ1) is 17.0. The van der Waals surface area contributed by atoms with E-state index in [9.17, 15) is 4.79 Å². The third-order valence-electron chi connectivity index (χ3n) is 6.09. The number of fused-ring (bicyclic) bond motifs is 1. The lowest BCUT2D eigenvalue weighted by molar-refractivity contribution is 0.0937. The highest BCUT2D eigenvalue weighted by Crippen LogP contribution is 2.23. The smallest absolute Gasteiger partial charge is 0.251 e. The molecular weight excluding hydrogens is 438 g/mol. The summed E-state index contributed by atoms with van der Waals surface area (Å²) in [6.07, 6.45) is 0.815. The second-order valence-electron chi connectivity index (χ2n) is 8.96. The van der Waals surface area contributed by atoms with E-state index in [1.165, 1.54) is 5.56 Å². The van der Waals surface area contributed by atoms with Crippen molar-refractivity contribution in [1.82, 2.24) is 14.9 Å². The maximum absolute atomic E-state index is 12.9. The van der Waals surface area contributed by atoms with Crippen molar-refractivity contribution >= 4 is 16.9 Å². The van der Waals surface area contributed by atoms with Crippen molar-refractivity contribution in [2.24, 2.45) is 0 Å². The van der Waals surface area contributed by atoms with Crippen molar-refractivity contribution in [3.05, 3.63) is 89.7 Å². The Labute approximate surface area is 206 Å². The van der Waals surface area contributed by atoms with Crippen LogP contribution in [0.25, 0.3) is 11.0 Å². The number of carbonyl (C=O) groups excluding carboxylic acids is 1. The summed E-state index contributed by atoms with van der Waals surface area (Å²) in [5.74, 6) is 2.69. The zero-order valence-electron chi connectivity index (χ0n) is 20.8. The molecule has 1 aromatic heterocycles. The average molecular weight is 472 g/mol. The Kier molecular flexibility index (Phi) is 7.70. The van der Waals surface area contributed by atoms with Gasteiger partial charge in [-0.15, -0.1) is 0 Å². The van der Waals surface area contributed by atoms with Crippen LogP contribution in [0.2, 0.25) is 0 Å². The molecule has 1 unspecified atom stereocenters. The van der Waals surface area contributed by atoms with E-state index < -0.39 is 0 Å². The maximum Gasteiger partial charge on any atom is 0.251 e. The van der Waals surface area contributed by atoms with E-state index in [1.54, 1.807) is 19.2 Å². The van der Waals surface area contributed by atoms with Crippen molar-refractivity contribution < 1.29 is 14.3 Å². The Bertz CT molecular complexity index is 1280. The molecule has 1 heterocycles. The molecule has 0 spiro atoms. The van der Waals surface area contributed by atoms with Crippen molar-refractivity contribution in [2.75, 3.05) is 13.7 Å². The number of methoxy groups -OCH3 is 1. The van der Waals surface area contributed by atoms with E-state index >= 15 is 0 Å². The summed E-state index contributed by atoms with van der Waals surface area (Å²) < 4.78 is 13.4. The van der Waals surface area contributed by atoms with Gasteiger partial charge in [-0.05, 0) is 67.3 Å². The number of para-hydroxylation sites is 2. The minimum absolute atomic E-state index is 0.164. The largest absolute Gasteiger partial charge is 0.497 e. The van der Waals surface area contributed by atoms with Crippen LogP contribution in [0.3, 0.4) is 0 Å². The van der Waals surface area contributed by atoms with Gasteiger partial charge in [0, 0.05) is 12.1 Å². The first-order valence-electron chi connectivity index (χ1n) is 12.1. The Balaban J connectivity index is 1.44. The Morgan fingerprint density at radius 2 is 1.74 bits per heavy atom. The maximum atomic E-state index is 12.9. The van der Waals surface area contributed by atoms with Crippen LogP contribution in [-0.2, 0) is 6.54 Å². The summed E-state index contributed by atoms with van der Waals surface area (Å²) in [5, 5.41) is 3.09.